The van der Waals surface area contributed by atoms with Gasteiger partial charge in [-0.1, -0.05) is 24.3 Å². The minimum atomic E-state index is -0.276. The van der Waals surface area contributed by atoms with Gasteiger partial charge >= 0.3 is 0 Å². The van der Waals surface area contributed by atoms with Crippen LogP contribution in [-0.2, 0) is 0 Å². The Morgan fingerprint density at radius 2 is 2.06 bits per heavy atom. The number of hydrogen-bond acceptors (Lipinski definition) is 2. The van der Waals surface area contributed by atoms with E-state index < -0.39 is 0 Å². The van der Waals surface area contributed by atoms with Crippen molar-refractivity contribution in [2.24, 2.45) is 0 Å². The van der Waals surface area contributed by atoms with E-state index in [1.54, 1.807) is 12.1 Å². The lowest BCUT2D eigenvalue weighted by Crippen LogP contribution is -2.24. The Morgan fingerprint density at radius 3 is 2.89 bits per heavy atom. The van der Waals surface area contributed by atoms with Crippen molar-refractivity contribution in [3.63, 3.8) is 0 Å². The van der Waals surface area contributed by atoms with Crippen molar-refractivity contribution in [3.05, 3.63) is 59.4 Å². The van der Waals surface area contributed by atoms with Crippen molar-refractivity contribution in [2.75, 3.05) is 11.9 Å². The molecule has 0 saturated heterocycles. The molecule has 0 saturated carbocycles. The number of hydrogen-bond donors (Lipinski definition) is 1. The summed E-state index contributed by atoms with van der Waals surface area (Å²) in [5, 5.41) is 3.29. The van der Waals surface area contributed by atoms with Crippen LogP contribution in [0.3, 0.4) is 0 Å². The Morgan fingerprint density at radius 1 is 1.22 bits per heavy atom. The van der Waals surface area contributed by atoms with Gasteiger partial charge in [-0.3, -0.25) is 0 Å². The van der Waals surface area contributed by atoms with Crippen molar-refractivity contribution in [3.8, 4) is 5.75 Å². The van der Waals surface area contributed by atoms with Gasteiger partial charge in [0, 0.05) is 5.56 Å². The monoisotopic (exact) mass is 243 g/mol. The van der Waals surface area contributed by atoms with E-state index in [0.29, 0.717) is 12.1 Å². The summed E-state index contributed by atoms with van der Waals surface area (Å²) in [5.41, 5.74) is 2.74. The van der Waals surface area contributed by atoms with Crippen LogP contribution in [0.25, 0.3) is 0 Å². The van der Waals surface area contributed by atoms with Gasteiger partial charge in [0.25, 0.3) is 0 Å². The van der Waals surface area contributed by atoms with E-state index in [2.05, 4.69) is 5.32 Å². The molecule has 18 heavy (non-hydrogen) atoms. The van der Waals surface area contributed by atoms with E-state index >= 15 is 0 Å². The number of benzene rings is 2. The van der Waals surface area contributed by atoms with Crippen molar-refractivity contribution in [1.29, 1.82) is 0 Å². The number of halogens is 1. The molecule has 3 heteroatoms. The number of nitrogens with one attached hydrogen (secondary N) is 1. The maximum absolute atomic E-state index is 13.7. The molecule has 0 bridgehead atoms. The minimum absolute atomic E-state index is 0.222. The number of rotatable bonds is 1. The minimum Gasteiger partial charge on any atom is -0.482 e. The lowest BCUT2D eigenvalue weighted by atomic mass is 10.1. The molecule has 1 aliphatic heterocycles. The first-order chi connectivity index (χ1) is 8.74. The van der Waals surface area contributed by atoms with Gasteiger partial charge in [0.1, 0.15) is 17.7 Å². The summed E-state index contributed by atoms with van der Waals surface area (Å²) in [4.78, 5) is 0. The average Bonchev–Trinajstić information content (AvgIpc) is 2.39. The molecular weight excluding hydrogens is 229 g/mol. The van der Waals surface area contributed by atoms with Crippen molar-refractivity contribution < 1.29 is 9.13 Å². The van der Waals surface area contributed by atoms with Crippen LogP contribution >= 0.6 is 0 Å². The molecule has 2 nitrogen and oxygen atoms in total. The molecule has 1 N–H and O–H groups in total. The van der Waals surface area contributed by atoms with Crippen LogP contribution in [0.4, 0.5) is 10.1 Å². The second-order valence-corrected chi connectivity index (χ2v) is 4.51. The molecule has 0 spiro atoms. The van der Waals surface area contributed by atoms with Crippen molar-refractivity contribution in [1.82, 2.24) is 0 Å². The topological polar surface area (TPSA) is 21.3 Å². The van der Waals surface area contributed by atoms with Crippen LogP contribution in [0.5, 0.6) is 5.75 Å². The molecular formula is C15H14FNO. The summed E-state index contributed by atoms with van der Waals surface area (Å²) in [6, 6.07) is 12.7. The molecule has 1 unspecified atom stereocenters. The van der Waals surface area contributed by atoms with Gasteiger partial charge < -0.3 is 10.1 Å². The maximum atomic E-state index is 13.7. The number of anilines is 1. The highest BCUT2D eigenvalue weighted by Gasteiger charge is 2.22. The molecule has 1 heterocycles. The largest absolute Gasteiger partial charge is 0.482 e. The van der Waals surface area contributed by atoms with E-state index in [-0.39, 0.29) is 11.9 Å². The van der Waals surface area contributed by atoms with Crippen LogP contribution in [0, 0.1) is 12.7 Å². The molecule has 2 aromatic carbocycles. The summed E-state index contributed by atoms with van der Waals surface area (Å²) < 4.78 is 19.6. The molecule has 0 aliphatic carbocycles. The zero-order valence-corrected chi connectivity index (χ0v) is 10.1. The van der Waals surface area contributed by atoms with E-state index in [0.717, 1.165) is 11.4 Å². The van der Waals surface area contributed by atoms with E-state index in [1.807, 2.05) is 31.2 Å². The smallest absolute Gasteiger partial charge is 0.144 e. The van der Waals surface area contributed by atoms with Gasteiger partial charge in [-0.15, -0.1) is 0 Å². The van der Waals surface area contributed by atoms with E-state index in [4.69, 9.17) is 4.74 Å². The summed E-state index contributed by atoms with van der Waals surface area (Å²) in [6.07, 6.45) is -0.276. The van der Waals surface area contributed by atoms with Gasteiger partial charge in [0.2, 0.25) is 0 Å². The van der Waals surface area contributed by atoms with Crippen LogP contribution < -0.4 is 10.1 Å². The zero-order chi connectivity index (χ0) is 12.5. The molecule has 92 valence electrons. The van der Waals surface area contributed by atoms with Crippen LogP contribution in [0.2, 0.25) is 0 Å². The number of aryl methyl sites for hydroxylation is 1. The van der Waals surface area contributed by atoms with Crippen molar-refractivity contribution in [2.45, 2.75) is 13.0 Å². The lowest BCUT2D eigenvalue weighted by molar-refractivity contribution is 0.205. The molecule has 0 aromatic heterocycles. The third-order valence-electron chi connectivity index (χ3n) is 3.13. The summed E-state index contributed by atoms with van der Waals surface area (Å²) in [7, 11) is 0. The quantitative estimate of drug-likeness (QED) is 0.825. The Hall–Kier alpha value is -2.03. The van der Waals surface area contributed by atoms with Crippen LogP contribution in [0.1, 0.15) is 17.2 Å². The van der Waals surface area contributed by atoms with Crippen LogP contribution in [0.15, 0.2) is 42.5 Å². The number of fused-ring (bicyclic) bond motifs is 1. The third-order valence-corrected chi connectivity index (χ3v) is 3.13. The predicted octanol–water partition coefficient (Wildman–Crippen LogP) is 3.68. The standard InChI is InChI=1S/C15H14FNO/c1-10-6-7-14-13(8-10)17-9-15(18-14)11-4-2-3-5-12(11)16/h2-8,15,17H,9H2,1H3. The molecule has 0 amide bonds. The Balaban J connectivity index is 1.92. The lowest BCUT2D eigenvalue weighted by Gasteiger charge is -2.28. The highest BCUT2D eigenvalue weighted by molar-refractivity contribution is 5.59. The molecule has 0 radical (unpaired) electrons. The normalized spacial score (nSPS) is 17.6. The molecule has 1 aliphatic rings. The molecule has 1 atom stereocenters. The molecule has 3 rings (SSSR count). The highest BCUT2D eigenvalue weighted by atomic mass is 19.1. The maximum Gasteiger partial charge on any atom is 0.144 e. The van der Waals surface area contributed by atoms with Crippen molar-refractivity contribution >= 4 is 5.69 Å². The highest BCUT2D eigenvalue weighted by Crippen LogP contribution is 2.35. The van der Waals surface area contributed by atoms with Gasteiger partial charge in [0.05, 0.1) is 12.2 Å². The number of ether oxygens (including phenoxy) is 1. The molecule has 0 fully saturated rings. The Labute approximate surface area is 105 Å². The van der Waals surface area contributed by atoms with Crippen LogP contribution in [-0.4, -0.2) is 6.54 Å². The fourth-order valence-electron chi connectivity index (χ4n) is 2.19. The van der Waals surface area contributed by atoms with E-state index in [9.17, 15) is 4.39 Å². The summed E-state index contributed by atoms with van der Waals surface area (Å²) in [6.45, 7) is 2.61. The first-order valence-corrected chi connectivity index (χ1v) is 5.99. The average molecular weight is 243 g/mol. The summed E-state index contributed by atoms with van der Waals surface area (Å²) in [5.74, 6) is 0.556. The van der Waals surface area contributed by atoms with Gasteiger partial charge in [0.15, 0.2) is 0 Å². The summed E-state index contributed by atoms with van der Waals surface area (Å²) >= 11 is 0. The van der Waals surface area contributed by atoms with E-state index in [1.165, 1.54) is 11.6 Å². The molecule has 2 aromatic rings. The Kier molecular flexibility index (Phi) is 2.67. The zero-order valence-electron chi connectivity index (χ0n) is 10.1. The first-order valence-electron chi connectivity index (χ1n) is 5.99. The van der Waals surface area contributed by atoms with Gasteiger partial charge in [-0.05, 0) is 30.7 Å². The van der Waals surface area contributed by atoms with Gasteiger partial charge in [-0.2, -0.15) is 0 Å². The SMILES string of the molecule is Cc1ccc2c(c1)NCC(c1ccccc1F)O2. The Bertz CT molecular complexity index is 582. The second kappa shape index (κ2) is 4.33. The first kappa shape index (κ1) is 11.1. The predicted molar refractivity (Wildman–Crippen MR) is 69.4 cm³/mol. The third kappa shape index (κ3) is 1.92. The second-order valence-electron chi connectivity index (χ2n) is 4.51. The fourth-order valence-corrected chi connectivity index (χ4v) is 2.19. The fraction of sp³-hybridized carbons (Fsp3) is 0.200. The van der Waals surface area contributed by atoms with Gasteiger partial charge in [-0.25, -0.2) is 4.39 Å².